The highest BCUT2D eigenvalue weighted by atomic mass is 32.2. The van der Waals surface area contributed by atoms with Gasteiger partial charge in [0, 0.05) is 143 Å². The fraction of sp³-hybridized carbons (Fsp3) is 0.581. The topological polar surface area (TPSA) is 705 Å². The molecular formula is C86H128N22O26S. The van der Waals surface area contributed by atoms with Crippen molar-refractivity contribution < 1.29 is 127 Å². The first kappa shape index (κ1) is 111. The largest absolute Gasteiger partial charge is 0.480 e. The van der Waals surface area contributed by atoms with Crippen LogP contribution in [0.5, 0.6) is 0 Å². The minimum absolute atomic E-state index is 0.0231. The van der Waals surface area contributed by atoms with Crippen molar-refractivity contribution >= 4 is 141 Å². The summed E-state index contributed by atoms with van der Waals surface area (Å²) in [6.45, 7) is 7.36. The number of aliphatic carboxylic acids is 7. The van der Waals surface area contributed by atoms with Gasteiger partial charge in [0.1, 0.15) is 42.3 Å². The van der Waals surface area contributed by atoms with E-state index in [1.54, 1.807) is 80.6 Å². The molecule has 3 aliphatic rings. The summed E-state index contributed by atoms with van der Waals surface area (Å²) in [6.07, 6.45) is 8.81. The molecule has 12 amide bonds. The maximum Gasteiger partial charge on any atom is 0.317 e. The molecule has 0 radical (unpaired) electrons. The lowest BCUT2D eigenvalue weighted by Gasteiger charge is -2.42. The Bertz CT molecular complexity index is 4670. The van der Waals surface area contributed by atoms with Crippen molar-refractivity contribution in [3.63, 3.8) is 0 Å². The van der Waals surface area contributed by atoms with E-state index in [2.05, 4.69) is 68.1 Å². The van der Waals surface area contributed by atoms with Crippen LogP contribution in [0.25, 0.3) is 10.9 Å². The van der Waals surface area contributed by atoms with Gasteiger partial charge in [-0.05, 0) is 106 Å². The van der Waals surface area contributed by atoms with Crippen LogP contribution in [0.1, 0.15) is 115 Å². The number of aromatic nitrogens is 3. The number of amides is 12. The first-order chi connectivity index (χ1) is 63.8. The summed E-state index contributed by atoms with van der Waals surface area (Å²) in [5.74, 6) is -17.4. The molecule has 2 saturated heterocycles. The van der Waals surface area contributed by atoms with Crippen LogP contribution in [0.4, 0.5) is 5.69 Å². The van der Waals surface area contributed by atoms with Crippen molar-refractivity contribution in [3.05, 3.63) is 84.1 Å². The van der Waals surface area contributed by atoms with Gasteiger partial charge >= 0.3 is 41.8 Å². The first-order valence-electron chi connectivity index (χ1n) is 44.1. The summed E-state index contributed by atoms with van der Waals surface area (Å²) in [5, 5.41) is 92.6. The Morgan fingerprint density at radius 2 is 1.00 bits per heavy atom. The van der Waals surface area contributed by atoms with E-state index in [1.807, 2.05) is 20.1 Å². The van der Waals surface area contributed by atoms with Gasteiger partial charge < -0.3 is 110 Å². The molecule has 744 valence electrons. The Labute approximate surface area is 782 Å². The van der Waals surface area contributed by atoms with Crippen molar-refractivity contribution in [1.29, 1.82) is 0 Å². The maximum absolute atomic E-state index is 14.5. The number of carbonyl (C=O) groups excluding carboxylic acids is 12. The molecule has 49 heteroatoms. The Hall–Kier alpha value is -12.8. The third-order valence-electron chi connectivity index (χ3n) is 22.8. The van der Waals surface area contributed by atoms with Gasteiger partial charge in [0.2, 0.25) is 65.0 Å². The lowest BCUT2D eigenvalue weighted by molar-refractivity contribution is -0.147. The smallest absolute Gasteiger partial charge is 0.317 e. The molecule has 4 aromatic rings. The number of nitrogens with two attached hydrogens (primary N) is 2. The van der Waals surface area contributed by atoms with Gasteiger partial charge in [-0.2, -0.15) is 11.8 Å². The zero-order valence-electron chi connectivity index (χ0n) is 76.6. The summed E-state index contributed by atoms with van der Waals surface area (Å²) in [7, 11) is 0. The van der Waals surface area contributed by atoms with E-state index in [0.717, 1.165) is 12.8 Å². The van der Waals surface area contributed by atoms with Crippen LogP contribution in [0.15, 0.2) is 67.3 Å². The normalized spacial score (nSPS) is 17.5. The third-order valence-corrected chi connectivity index (χ3v) is 23.4. The van der Waals surface area contributed by atoms with E-state index < -0.39 is 199 Å². The van der Waals surface area contributed by atoms with Crippen LogP contribution in [-0.4, -0.2) is 400 Å². The van der Waals surface area contributed by atoms with E-state index in [4.69, 9.17) is 11.5 Å². The number of hydrogen-bond acceptors (Lipinski definition) is 28. The Balaban J connectivity index is 0.000000815. The summed E-state index contributed by atoms with van der Waals surface area (Å²) >= 11 is 1.45. The van der Waals surface area contributed by atoms with E-state index in [0.29, 0.717) is 40.8 Å². The molecular weight excluding hydrogens is 1790 g/mol. The summed E-state index contributed by atoms with van der Waals surface area (Å²) in [4.78, 5) is 264. The second kappa shape index (κ2) is 55.1. The third kappa shape index (κ3) is 39.0. The average Bonchev–Trinajstić information content (AvgIpc) is 1.63. The second-order valence-corrected chi connectivity index (χ2v) is 35.5. The van der Waals surface area contributed by atoms with Crippen molar-refractivity contribution in [2.45, 2.75) is 166 Å². The number of carbonyl (C=O) groups is 19. The molecule has 2 aromatic heterocycles. The zero-order valence-corrected chi connectivity index (χ0v) is 77.5. The van der Waals surface area contributed by atoms with Gasteiger partial charge in [-0.1, -0.05) is 58.7 Å². The number of H-pyrrole nitrogens is 2. The number of benzene rings is 2. The van der Waals surface area contributed by atoms with E-state index in [9.17, 15) is 127 Å². The van der Waals surface area contributed by atoms with Crippen LogP contribution in [0.3, 0.4) is 0 Å². The molecule has 135 heavy (non-hydrogen) atoms. The molecule has 0 bridgehead atoms. The van der Waals surface area contributed by atoms with Crippen molar-refractivity contribution in [1.82, 2.24) is 97.1 Å². The van der Waals surface area contributed by atoms with Gasteiger partial charge in [-0.3, -0.25) is 125 Å². The van der Waals surface area contributed by atoms with Crippen molar-refractivity contribution in [2.75, 3.05) is 148 Å². The number of primary amides is 2. The maximum atomic E-state index is 14.5. The minimum atomic E-state index is -1.50. The number of imidazole rings is 1. The summed E-state index contributed by atoms with van der Waals surface area (Å²) < 4.78 is 0. The van der Waals surface area contributed by atoms with Gasteiger partial charge in [0.05, 0.1) is 71.8 Å². The van der Waals surface area contributed by atoms with Gasteiger partial charge in [0.15, 0.2) is 0 Å². The number of carboxylic acids is 7. The molecule has 9 atom stereocenters. The highest BCUT2D eigenvalue weighted by Crippen LogP contribution is 2.35. The molecule has 23 N–H and O–H groups in total. The minimum Gasteiger partial charge on any atom is -0.480 e. The number of carboxylic acid groups (broad SMARTS) is 7. The standard InChI is InChI=1S/C68H99N19O18S.C18H29N3O8/c1-39(2)27-50(66(103)79-48(61(70)98)17-26-106-6)81-67(104)52(29-45-31-71-38-75-45)78-55(90)33-74-68(105)60(40(3)4)83-62(99)41(5)76-65(102)51(28-43-30-72-47-10-8-7-9-46(43)47)82-64(101)49(15-16-53(69)88)80-63(100)42-11-13-44(14-12-42)77-54(89)32-73-56(91)34-84-18-20-85(35-57(92)93)22-24-87(37-59(96)97)25-23-86(21-19-84)36-58(94)95;1-18(21(8-16(26)27)9-17(28)29)10-19(6-14(22)23)12-4-2-3-5-13(12)20(11-18)7-15(24)25/h7-14,30-31,38-41,48-52,60,72H,15-29,32-37H2,1-6H3,(H2,69,88)(H2,70,98)(H,71,75)(H,73,91)(H,74,105)(H,76,102)(H,77,89)(H,78,90)(H,79,103)(H,80,100)(H,81,104)(H,82,101)(H,83,99)(H,92,93)(H,94,95)(H,96,97);12-13H,2-11H2,1H3,(H,22,23)(H,24,25)(H,26,27)(H,28,29)/t41-,48-,49-,50-,51-,52-,60-;12-,13-/m01/s1. The highest BCUT2D eigenvalue weighted by molar-refractivity contribution is 7.98. The highest BCUT2D eigenvalue weighted by Gasteiger charge is 2.48. The molecule has 48 nitrogen and oxygen atoms in total. The average molecular weight is 1920 g/mol. The quantitative estimate of drug-likeness (QED) is 0.0198. The molecule has 2 aliphatic heterocycles. The second-order valence-electron chi connectivity index (χ2n) is 34.5. The van der Waals surface area contributed by atoms with Crippen molar-refractivity contribution in [2.24, 2.45) is 23.3 Å². The number of fused-ring (bicyclic) bond motifs is 2. The van der Waals surface area contributed by atoms with E-state index in [-0.39, 0.29) is 166 Å². The molecule has 2 aromatic carbocycles. The number of aromatic amines is 2. The van der Waals surface area contributed by atoms with Crippen molar-refractivity contribution in [3.8, 4) is 0 Å². The Kier molecular flexibility index (Phi) is 45.3. The lowest BCUT2D eigenvalue weighted by Crippen LogP contribution is -2.60. The molecule has 0 unspecified atom stereocenters. The Morgan fingerprint density at radius 3 is 1.49 bits per heavy atom. The van der Waals surface area contributed by atoms with Gasteiger partial charge in [-0.25, -0.2) is 4.98 Å². The van der Waals surface area contributed by atoms with Crippen LogP contribution in [0.2, 0.25) is 0 Å². The number of para-hydroxylation sites is 1. The number of nitrogens with one attached hydrogen (secondary N) is 12. The lowest BCUT2D eigenvalue weighted by atomic mass is 9.88. The van der Waals surface area contributed by atoms with E-state index in [1.165, 1.54) is 60.4 Å². The first-order valence-corrected chi connectivity index (χ1v) is 45.5. The van der Waals surface area contributed by atoms with Gasteiger partial charge in [-0.15, -0.1) is 0 Å². The molecule has 4 heterocycles. The summed E-state index contributed by atoms with van der Waals surface area (Å²) in [5.41, 5.74) is 11.9. The number of nitrogens with zero attached hydrogens (tertiary/aromatic N) is 8. The van der Waals surface area contributed by atoms with Gasteiger partial charge in [0.25, 0.3) is 5.91 Å². The predicted molar refractivity (Wildman–Crippen MR) is 487 cm³/mol. The van der Waals surface area contributed by atoms with E-state index >= 15 is 0 Å². The summed E-state index contributed by atoms with van der Waals surface area (Å²) in [6, 6.07) is 2.96. The van der Waals surface area contributed by atoms with Crippen LogP contribution >= 0.6 is 11.8 Å². The number of thioether (sulfide) groups is 1. The fourth-order valence-corrected chi connectivity index (χ4v) is 16.5. The number of anilines is 1. The van der Waals surface area contributed by atoms with Crippen LogP contribution < -0.4 is 64.6 Å². The molecule has 1 aliphatic carbocycles. The number of rotatable bonds is 50. The SMILES string of the molecule is CC1(N(CC(=O)O)CC(=O)O)CN(CC(=O)O)[C@@H]2CCCC[C@H]2N(CC(=O)O)C1.CSCC[C@H](NC(=O)[C@H](CC(C)C)NC(=O)[C@H](Cc1cnc[nH]1)NC(=O)CNC(=O)[C@@H](NC(=O)[C@H](C)NC(=O)[C@H](Cc1c[nH]c2ccccc12)NC(=O)[C@H](CCC(N)=O)NC(=O)c1ccc(NC(=O)CNC(=O)CN2CCN(CC(=O)O)CCN(CC(=O)O)CCN(CC(=O)O)CC2)cc1)C(C)C)C(N)=O. The molecule has 3 fully saturated rings. The van der Waals surface area contributed by atoms with Crippen LogP contribution in [-0.2, 0) is 99.1 Å². The molecule has 0 spiro atoms. The zero-order chi connectivity index (χ0) is 99.9. The fourth-order valence-electron chi connectivity index (χ4n) is 16.0. The Morgan fingerprint density at radius 1 is 0.511 bits per heavy atom. The molecule has 7 rings (SSSR count). The number of hydrogen-bond donors (Lipinski definition) is 21. The predicted octanol–water partition coefficient (Wildman–Crippen LogP) is -4.43. The monoisotopic (exact) mass is 1920 g/mol. The van der Waals surface area contributed by atoms with Crippen LogP contribution in [0, 0.1) is 11.8 Å². The molecule has 1 saturated carbocycles.